The van der Waals surface area contributed by atoms with E-state index in [9.17, 15) is 19.7 Å². The molecule has 0 bridgehead atoms. The van der Waals surface area contributed by atoms with Gasteiger partial charge in [-0.1, -0.05) is 0 Å². The maximum atomic E-state index is 11.9. The molecule has 0 aliphatic carbocycles. The van der Waals surface area contributed by atoms with E-state index in [2.05, 4.69) is 0 Å². The smallest absolute Gasteiger partial charge is 0.319 e. The minimum atomic E-state index is -1.25. The highest BCUT2D eigenvalue weighted by Crippen LogP contribution is 2.38. The Labute approximate surface area is 126 Å². The number of thioether (sulfide) groups is 1. The highest BCUT2D eigenvalue weighted by atomic mass is 32.2. The van der Waals surface area contributed by atoms with Gasteiger partial charge in [-0.2, -0.15) is 0 Å². The van der Waals surface area contributed by atoms with Gasteiger partial charge in [-0.25, -0.2) is 0 Å². The monoisotopic (exact) mass is 312 g/mol. The van der Waals surface area contributed by atoms with Gasteiger partial charge in [0.1, 0.15) is 4.75 Å². The van der Waals surface area contributed by atoms with Gasteiger partial charge in [0.2, 0.25) is 0 Å². The number of nitro benzene ring substituents is 1. The number of rotatable bonds is 5. The van der Waals surface area contributed by atoms with E-state index in [1.165, 1.54) is 36.9 Å². The van der Waals surface area contributed by atoms with E-state index in [4.69, 9.17) is 5.11 Å². The number of nitrogens with zero attached hydrogens (tertiary/aromatic N) is 2. The van der Waals surface area contributed by atoms with Gasteiger partial charge in [-0.3, -0.25) is 19.7 Å². The molecular weight excluding hydrogens is 296 g/mol. The van der Waals surface area contributed by atoms with Crippen molar-refractivity contribution in [1.82, 2.24) is 4.90 Å². The molecular formula is C13H16N2O5S. The molecule has 0 fully saturated rings. The Morgan fingerprint density at radius 1 is 1.33 bits per heavy atom. The Kier molecular flexibility index (Phi) is 4.95. The molecule has 8 heteroatoms. The summed E-state index contributed by atoms with van der Waals surface area (Å²) in [5.74, 6) is -1.40. The first-order valence-electron chi connectivity index (χ1n) is 5.98. The van der Waals surface area contributed by atoms with Gasteiger partial charge in [0, 0.05) is 25.7 Å². The lowest BCUT2D eigenvalue weighted by Gasteiger charge is -2.19. The molecule has 1 aromatic carbocycles. The highest BCUT2D eigenvalue weighted by molar-refractivity contribution is 8.01. The number of carboxylic acid groups (broad SMARTS) is 1. The van der Waals surface area contributed by atoms with Crippen molar-refractivity contribution in [3.05, 3.63) is 33.9 Å². The van der Waals surface area contributed by atoms with Gasteiger partial charge in [0.05, 0.1) is 9.82 Å². The SMILES string of the molecule is CN(C)C(=O)c1ccc([N+](=O)[O-])c(SC(C)(C)C(=O)O)c1. The number of nitro groups is 1. The summed E-state index contributed by atoms with van der Waals surface area (Å²) in [6, 6.07) is 3.94. The Morgan fingerprint density at radius 3 is 2.33 bits per heavy atom. The summed E-state index contributed by atoms with van der Waals surface area (Å²) >= 11 is 0.840. The average molecular weight is 312 g/mol. The number of benzene rings is 1. The molecule has 0 saturated carbocycles. The molecule has 0 saturated heterocycles. The summed E-state index contributed by atoms with van der Waals surface area (Å²) in [5.41, 5.74) is 0.0546. The van der Waals surface area contributed by atoms with E-state index >= 15 is 0 Å². The number of aliphatic carboxylic acids is 1. The summed E-state index contributed by atoms with van der Waals surface area (Å²) in [5, 5.41) is 20.2. The van der Waals surface area contributed by atoms with Crippen LogP contribution in [0.5, 0.6) is 0 Å². The Hall–Kier alpha value is -2.09. The molecule has 0 atom stereocenters. The zero-order valence-electron chi connectivity index (χ0n) is 12.1. The summed E-state index contributed by atoms with van der Waals surface area (Å²) in [4.78, 5) is 35.0. The van der Waals surface area contributed by atoms with Crippen LogP contribution in [0.25, 0.3) is 0 Å². The first kappa shape index (κ1) is 17.0. The van der Waals surface area contributed by atoms with Gasteiger partial charge >= 0.3 is 5.97 Å². The predicted octanol–water partition coefficient (Wildman–Crippen LogP) is 2.25. The van der Waals surface area contributed by atoms with E-state index in [1.807, 2.05) is 0 Å². The zero-order chi connectivity index (χ0) is 16.4. The van der Waals surface area contributed by atoms with Crippen LogP contribution >= 0.6 is 11.8 Å². The highest BCUT2D eigenvalue weighted by Gasteiger charge is 2.32. The summed E-state index contributed by atoms with van der Waals surface area (Å²) in [7, 11) is 3.13. The van der Waals surface area contributed by atoms with Gasteiger partial charge in [-0.05, 0) is 26.0 Å². The maximum Gasteiger partial charge on any atom is 0.319 e. The fourth-order valence-corrected chi connectivity index (χ4v) is 2.53. The molecule has 0 aromatic heterocycles. The fraction of sp³-hybridized carbons (Fsp3) is 0.385. The van der Waals surface area contributed by atoms with Gasteiger partial charge in [-0.15, -0.1) is 11.8 Å². The Bertz CT molecular complexity index is 598. The molecule has 0 spiro atoms. The molecule has 0 aliphatic heterocycles. The van der Waals surface area contributed by atoms with E-state index < -0.39 is 15.6 Å². The Morgan fingerprint density at radius 2 is 1.90 bits per heavy atom. The zero-order valence-corrected chi connectivity index (χ0v) is 12.9. The number of hydrogen-bond donors (Lipinski definition) is 1. The second kappa shape index (κ2) is 6.13. The second-order valence-electron chi connectivity index (χ2n) is 5.06. The minimum Gasteiger partial charge on any atom is -0.480 e. The van der Waals surface area contributed by atoms with Gasteiger partial charge in [0.15, 0.2) is 0 Å². The van der Waals surface area contributed by atoms with Crippen molar-refractivity contribution in [2.24, 2.45) is 0 Å². The van der Waals surface area contributed by atoms with Crippen LogP contribution in [0.1, 0.15) is 24.2 Å². The lowest BCUT2D eigenvalue weighted by Crippen LogP contribution is -2.27. The predicted molar refractivity (Wildman–Crippen MR) is 78.7 cm³/mol. The number of carboxylic acids is 1. The molecule has 1 rings (SSSR count). The van der Waals surface area contributed by atoms with Crippen LogP contribution in [0.3, 0.4) is 0 Å². The van der Waals surface area contributed by atoms with Crippen molar-refractivity contribution in [1.29, 1.82) is 0 Å². The molecule has 0 heterocycles. The van der Waals surface area contributed by atoms with E-state index in [-0.39, 0.29) is 22.1 Å². The molecule has 7 nitrogen and oxygen atoms in total. The number of carbonyl (C=O) groups is 2. The lowest BCUT2D eigenvalue weighted by atomic mass is 10.2. The third-order valence-electron chi connectivity index (χ3n) is 2.69. The van der Waals surface area contributed by atoms with Gasteiger partial charge < -0.3 is 10.0 Å². The summed E-state index contributed by atoms with van der Waals surface area (Å²) in [6.07, 6.45) is 0. The molecule has 1 amide bonds. The number of hydrogen-bond acceptors (Lipinski definition) is 5. The van der Waals surface area contributed by atoms with Crippen molar-refractivity contribution >= 4 is 29.3 Å². The fourth-order valence-electron chi connectivity index (χ4n) is 1.46. The number of amides is 1. The lowest BCUT2D eigenvalue weighted by molar-refractivity contribution is -0.387. The topological polar surface area (TPSA) is 101 Å². The standard InChI is InChI=1S/C13H16N2O5S/c1-13(2,12(17)18)21-10-7-8(11(16)14(3)4)5-6-9(10)15(19)20/h5-7H,1-4H3,(H,17,18). The molecule has 0 aliphatic rings. The first-order chi connectivity index (χ1) is 9.56. The first-order valence-corrected chi connectivity index (χ1v) is 6.80. The minimum absolute atomic E-state index is 0.153. The summed E-state index contributed by atoms with van der Waals surface area (Å²) in [6.45, 7) is 2.90. The molecule has 0 unspecified atom stereocenters. The van der Waals surface area contributed by atoms with E-state index in [1.54, 1.807) is 14.1 Å². The second-order valence-corrected chi connectivity index (χ2v) is 6.72. The van der Waals surface area contributed by atoms with Crippen molar-refractivity contribution in [2.45, 2.75) is 23.5 Å². The van der Waals surface area contributed by atoms with Crippen LogP contribution in [0.4, 0.5) is 5.69 Å². The van der Waals surface area contributed by atoms with Crippen molar-refractivity contribution in [3.8, 4) is 0 Å². The number of carbonyl (C=O) groups excluding carboxylic acids is 1. The quantitative estimate of drug-likeness (QED) is 0.508. The van der Waals surface area contributed by atoms with Gasteiger partial charge in [0.25, 0.3) is 11.6 Å². The normalized spacial score (nSPS) is 11.0. The molecule has 21 heavy (non-hydrogen) atoms. The van der Waals surface area contributed by atoms with Crippen LogP contribution in [-0.2, 0) is 4.79 Å². The molecule has 1 aromatic rings. The summed E-state index contributed by atoms with van der Waals surface area (Å²) < 4.78 is -1.25. The Balaban J connectivity index is 3.32. The van der Waals surface area contributed by atoms with Crippen molar-refractivity contribution < 1.29 is 19.6 Å². The molecule has 114 valence electrons. The van der Waals surface area contributed by atoms with Crippen LogP contribution in [0, 0.1) is 10.1 Å². The van der Waals surface area contributed by atoms with Crippen LogP contribution in [0.15, 0.2) is 23.1 Å². The maximum absolute atomic E-state index is 11.9. The van der Waals surface area contributed by atoms with Crippen molar-refractivity contribution in [3.63, 3.8) is 0 Å². The third kappa shape index (κ3) is 3.94. The molecule has 1 N–H and O–H groups in total. The average Bonchev–Trinajstić information content (AvgIpc) is 2.36. The largest absolute Gasteiger partial charge is 0.480 e. The van der Waals surface area contributed by atoms with Crippen LogP contribution in [0.2, 0.25) is 0 Å². The van der Waals surface area contributed by atoms with E-state index in [0.717, 1.165) is 11.8 Å². The molecule has 0 radical (unpaired) electrons. The van der Waals surface area contributed by atoms with Crippen molar-refractivity contribution in [2.75, 3.05) is 14.1 Å². The third-order valence-corrected chi connectivity index (χ3v) is 3.92. The van der Waals surface area contributed by atoms with Crippen LogP contribution in [-0.4, -0.2) is 45.6 Å². The van der Waals surface area contributed by atoms with Crippen LogP contribution < -0.4 is 0 Å². The van der Waals surface area contributed by atoms with E-state index in [0.29, 0.717) is 0 Å².